The average Bonchev–Trinajstić information content (AvgIpc) is 2.35. The van der Waals surface area contributed by atoms with Crippen LogP contribution in [0.2, 0.25) is 0 Å². The summed E-state index contributed by atoms with van der Waals surface area (Å²) < 4.78 is 5.50. The Labute approximate surface area is 108 Å². The van der Waals surface area contributed by atoms with Crippen molar-refractivity contribution in [3.8, 4) is 11.8 Å². The van der Waals surface area contributed by atoms with Gasteiger partial charge in [-0.05, 0) is 35.0 Å². The molecule has 2 aromatic carbocycles. The normalized spacial score (nSPS) is 9.53. The van der Waals surface area contributed by atoms with Crippen LogP contribution in [-0.4, -0.2) is 13.1 Å². The minimum Gasteiger partial charge on any atom is -0.459 e. The summed E-state index contributed by atoms with van der Waals surface area (Å²) in [6.07, 6.45) is 0. The van der Waals surface area contributed by atoms with Crippen LogP contribution in [0.25, 0.3) is 10.8 Å². The number of benzene rings is 2. The molecule has 0 aliphatic rings. The molecule has 0 aliphatic carbocycles. The zero-order valence-corrected chi connectivity index (χ0v) is 10.7. The highest BCUT2D eigenvalue weighted by atomic mass is 79.9. The Balaban J connectivity index is 2.40. The highest BCUT2D eigenvalue weighted by Crippen LogP contribution is 2.20. The van der Waals surface area contributed by atoms with Gasteiger partial charge in [-0.2, -0.15) is 0 Å². The molecule has 2 nitrogen and oxygen atoms in total. The second-order valence-corrected chi connectivity index (χ2v) is 4.36. The summed E-state index contributed by atoms with van der Waals surface area (Å²) in [5.41, 5.74) is 0.797. The molecule has 0 N–H and O–H groups in total. The van der Waals surface area contributed by atoms with Crippen molar-refractivity contribution in [3.05, 3.63) is 46.4 Å². The molecule has 2 rings (SSSR count). The molecule has 0 aromatic heterocycles. The summed E-state index contributed by atoms with van der Waals surface area (Å²) in [6.45, 7) is 0. The highest BCUT2D eigenvalue weighted by Gasteiger charge is 1.96. The van der Waals surface area contributed by atoms with Crippen LogP contribution >= 0.6 is 15.9 Å². The maximum absolute atomic E-state index is 10.9. The molecule has 84 valence electrons. The standard InChI is InChI=1S/C14H9BrO2/c1-17-14(16)7-3-10-2-4-12-9-13(15)6-5-11(12)8-10/h2,4-6,8-9H,1H3. The number of methoxy groups -OCH3 is 1. The van der Waals surface area contributed by atoms with Gasteiger partial charge in [0.25, 0.3) is 0 Å². The predicted octanol–water partition coefficient (Wildman–Crippen LogP) is 3.13. The van der Waals surface area contributed by atoms with Crippen LogP contribution in [0, 0.1) is 11.8 Å². The van der Waals surface area contributed by atoms with Gasteiger partial charge in [-0.15, -0.1) is 0 Å². The maximum atomic E-state index is 10.9. The predicted molar refractivity (Wildman–Crippen MR) is 70.5 cm³/mol. The molecule has 0 radical (unpaired) electrons. The van der Waals surface area contributed by atoms with Crippen molar-refractivity contribution in [1.29, 1.82) is 0 Å². The fourth-order valence-corrected chi connectivity index (χ4v) is 1.85. The molecule has 0 heterocycles. The Morgan fingerprint density at radius 3 is 2.65 bits per heavy atom. The molecule has 17 heavy (non-hydrogen) atoms. The number of esters is 1. The van der Waals surface area contributed by atoms with Crippen molar-refractivity contribution < 1.29 is 9.53 Å². The van der Waals surface area contributed by atoms with E-state index >= 15 is 0 Å². The first kappa shape index (κ1) is 11.7. The van der Waals surface area contributed by atoms with E-state index in [4.69, 9.17) is 0 Å². The van der Waals surface area contributed by atoms with Gasteiger partial charge in [0.2, 0.25) is 0 Å². The van der Waals surface area contributed by atoms with Crippen molar-refractivity contribution >= 4 is 32.7 Å². The molecular weight excluding hydrogens is 280 g/mol. The summed E-state index contributed by atoms with van der Waals surface area (Å²) in [5, 5.41) is 2.22. The third kappa shape index (κ3) is 2.86. The fraction of sp³-hybridized carbons (Fsp3) is 0.0714. The van der Waals surface area contributed by atoms with Gasteiger partial charge in [-0.25, -0.2) is 4.79 Å². The number of carbonyl (C=O) groups excluding carboxylic acids is 1. The fourth-order valence-electron chi connectivity index (χ4n) is 1.47. The van der Waals surface area contributed by atoms with E-state index in [0.717, 1.165) is 20.8 Å². The number of hydrogen-bond acceptors (Lipinski definition) is 2. The minimum absolute atomic E-state index is 0.527. The topological polar surface area (TPSA) is 26.3 Å². The highest BCUT2D eigenvalue weighted by molar-refractivity contribution is 9.10. The maximum Gasteiger partial charge on any atom is 0.384 e. The van der Waals surface area contributed by atoms with E-state index in [9.17, 15) is 4.79 Å². The van der Waals surface area contributed by atoms with Gasteiger partial charge >= 0.3 is 5.97 Å². The average molecular weight is 289 g/mol. The van der Waals surface area contributed by atoms with Gasteiger partial charge in [0.1, 0.15) is 0 Å². The van der Waals surface area contributed by atoms with Crippen LogP contribution in [-0.2, 0) is 9.53 Å². The van der Waals surface area contributed by atoms with Crippen LogP contribution in [0.5, 0.6) is 0 Å². The zero-order valence-electron chi connectivity index (χ0n) is 9.16. The molecule has 0 spiro atoms. The van der Waals surface area contributed by atoms with Crippen LogP contribution < -0.4 is 0 Å². The molecule has 2 aromatic rings. The Morgan fingerprint density at radius 1 is 1.18 bits per heavy atom. The Morgan fingerprint density at radius 2 is 1.88 bits per heavy atom. The molecule has 0 saturated heterocycles. The lowest BCUT2D eigenvalue weighted by Gasteiger charge is -1.99. The molecule has 0 aliphatic heterocycles. The molecule has 0 bridgehead atoms. The summed E-state index contributed by atoms with van der Waals surface area (Å²) in [5.74, 6) is 4.64. The summed E-state index contributed by atoms with van der Waals surface area (Å²) in [6, 6.07) is 11.8. The van der Waals surface area contributed by atoms with E-state index in [-0.39, 0.29) is 0 Å². The third-order valence-electron chi connectivity index (χ3n) is 2.30. The molecule has 0 atom stereocenters. The SMILES string of the molecule is COC(=O)C#Cc1ccc2cc(Br)ccc2c1. The van der Waals surface area contributed by atoms with E-state index in [2.05, 4.69) is 32.5 Å². The number of ether oxygens (including phenoxy) is 1. The number of rotatable bonds is 0. The van der Waals surface area contributed by atoms with Crippen LogP contribution in [0.15, 0.2) is 40.9 Å². The second-order valence-electron chi connectivity index (χ2n) is 3.45. The number of halogens is 1. The van der Waals surface area contributed by atoms with E-state index in [1.807, 2.05) is 36.4 Å². The number of fused-ring (bicyclic) bond motifs is 1. The first-order valence-corrected chi connectivity index (χ1v) is 5.77. The van der Waals surface area contributed by atoms with Crippen molar-refractivity contribution in [2.24, 2.45) is 0 Å². The lowest BCUT2D eigenvalue weighted by atomic mass is 10.1. The van der Waals surface area contributed by atoms with Crippen LogP contribution in [0.3, 0.4) is 0 Å². The quantitative estimate of drug-likeness (QED) is 0.550. The molecule has 0 fully saturated rings. The first-order chi connectivity index (χ1) is 8.19. The lowest BCUT2D eigenvalue weighted by Crippen LogP contribution is -1.94. The van der Waals surface area contributed by atoms with Crippen molar-refractivity contribution in [3.63, 3.8) is 0 Å². The van der Waals surface area contributed by atoms with Gasteiger partial charge < -0.3 is 4.74 Å². The number of hydrogen-bond donors (Lipinski definition) is 0. The van der Waals surface area contributed by atoms with Gasteiger partial charge in [-0.1, -0.05) is 34.0 Å². The van der Waals surface area contributed by atoms with E-state index in [1.165, 1.54) is 7.11 Å². The Bertz CT molecular complexity index is 635. The molecular formula is C14H9BrO2. The molecule has 0 amide bonds. The van der Waals surface area contributed by atoms with Crippen molar-refractivity contribution in [1.82, 2.24) is 0 Å². The monoisotopic (exact) mass is 288 g/mol. The number of carbonyl (C=O) groups is 1. The van der Waals surface area contributed by atoms with E-state index in [0.29, 0.717) is 0 Å². The summed E-state index contributed by atoms with van der Waals surface area (Å²) in [4.78, 5) is 10.9. The molecule has 3 heteroatoms. The van der Waals surface area contributed by atoms with Gasteiger partial charge in [0.15, 0.2) is 0 Å². The van der Waals surface area contributed by atoms with E-state index in [1.54, 1.807) is 0 Å². The zero-order chi connectivity index (χ0) is 12.3. The smallest absolute Gasteiger partial charge is 0.384 e. The van der Waals surface area contributed by atoms with E-state index < -0.39 is 5.97 Å². The largest absolute Gasteiger partial charge is 0.459 e. The third-order valence-corrected chi connectivity index (χ3v) is 2.79. The van der Waals surface area contributed by atoms with Crippen LogP contribution in [0.1, 0.15) is 5.56 Å². The molecule has 0 saturated carbocycles. The van der Waals surface area contributed by atoms with Crippen molar-refractivity contribution in [2.75, 3.05) is 7.11 Å². The van der Waals surface area contributed by atoms with Gasteiger partial charge in [0, 0.05) is 16.0 Å². The minimum atomic E-state index is -0.527. The summed E-state index contributed by atoms with van der Waals surface area (Å²) >= 11 is 3.42. The Hall–Kier alpha value is -1.79. The Kier molecular flexibility index (Phi) is 3.46. The summed E-state index contributed by atoms with van der Waals surface area (Å²) in [7, 11) is 1.31. The van der Waals surface area contributed by atoms with Gasteiger partial charge in [0.05, 0.1) is 7.11 Å². The first-order valence-electron chi connectivity index (χ1n) is 4.98. The van der Waals surface area contributed by atoms with Gasteiger partial charge in [-0.3, -0.25) is 0 Å². The second kappa shape index (κ2) is 5.03. The molecule has 0 unspecified atom stereocenters. The van der Waals surface area contributed by atoms with Crippen molar-refractivity contribution in [2.45, 2.75) is 0 Å². The van der Waals surface area contributed by atoms with Crippen LogP contribution in [0.4, 0.5) is 0 Å². The lowest BCUT2D eigenvalue weighted by molar-refractivity contribution is -0.133.